The van der Waals surface area contributed by atoms with Crippen molar-refractivity contribution >= 4 is 21.6 Å². The second-order valence-corrected chi connectivity index (χ2v) is 9.41. The van der Waals surface area contributed by atoms with E-state index in [-0.39, 0.29) is 11.7 Å². The van der Waals surface area contributed by atoms with Crippen molar-refractivity contribution in [3.05, 3.63) is 29.8 Å². The molecule has 0 radical (unpaired) electrons. The SMILES string of the molecule is O=C(N[C@@H]1C[C@H]2CC[C@H]1C2)c1ccc(N2CCCCS2(=O)=O)cc1. The van der Waals surface area contributed by atoms with Crippen LogP contribution in [0.25, 0.3) is 0 Å². The normalized spacial score (nSPS) is 31.2. The van der Waals surface area contributed by atoms with Crippen LogP contribution >= 0.6 is 0 Å². The van der Waals surface area contributed by atoms with Gasteiger partial charge in [0.05, 0.1) is 11.4 Å². The van der Waals surface area contributed by atoms with Crippen LogP contribution in [-0.2, 0) is 10.0 Å². The van der Waals surface area contributed by atoms with Gasteiger partial charge in [-0.25, -0.2) is 8.42 Å². The highest BCUT2D eigenvalue weighted by Gasteiger charge is 2.40. The Morgan fingerprint density at radius 1 is 1.08 bits per heavy atom. The molecule has 0 unspecified atom stereocenters. The average molecular weight is 348 g/mol. The number of fused-ring (bicyclic) bond motifs is 2. The van der Waals surface area contributed by atoms with Crippen molar-refractivity contribution < 1.29 is 13.2 Å². The highest BCUT2D eigenvalue weighted by atomic mass is 32.2. The van der Waals surface area contributed by atoms with Gasteiger partial charge in [0, 0.05) is 18.2 Å². The number of benzene rings is 1. The molecule has 3 atom stereocenters. The number of anilines is 1. The number of amides is 1. The minimum Gasteiger partial charge on any atom is -0.349 e. The fourth-order valence-corrected chi connectivity index (χ4v) is 6.17. The Kier molecular flexibility index (Phi) is 4.03. The Bertz CT molecular complexity index is 729. The number of sulfonamides is 1. The van der Waals surface area contributed by atoms with Crippen LogP contribution in [0.3, 0.4) is 0 Å². The maximum absolute atomic E-state index is 12.4. The standard InChI is InChI=1S/C18H24N2O3S/c21-18(19-17-12-13-3-4-15(17)11-13)14-5-7-16(8-6-14)20-9-1-2-10-24(20,22)23/h5-8,13,15,17H,1-4,9-12H2,(H,19,21)/t13-,15-,17+/m0/s1. The van der Waals surface area contributed by atoms with Gasteiger partial charge >= 0.3 is 0 Å². The first-order valence-corrected chi connectivity index (χ1v) is 10.6. The molecule has 1 aromatic carbocycles. The quantitative estimate of drug-likeness (QED) is 0.913. The van der Waals surface area contributed by atoms with Crippen molar-refractivity contribution in [2.75, 3.05) is 16.6 Å². The van der Waals surface area contributed by atoms with Crippen molar-refractivity contribution in [3.8, 4) is 0 Å². The van der Waals surface area contributed by atoms with Gasteiger partial charge in [-0.2, -0.15) is 0 Å². The molecule has 2 bridgehead atoms. The van der Waals surface area contributed by atoms with Crippen molar-refractivity contribution in [3.63, 3.8) is 0 Å². The second kappa shape index (κ2) is 6.06. The van der Waals surface area contributed by atoms with Crippen LogP contribution < -0.4 is 9.62 Å². The lowest BCUT2D eigenvalue weighted by atomic mass is 9.95. The molecule has 3 aliphatic rings. The predicted octanol–water partition coefficient (Wildman–Crippen LogP) is 2.54. The molecule has 1 heterocycles. The average Bonchev–Trinajstić information content (AvgIpc) is 3.17. The van der Waals surface area contributed by atoms with Crippen LogP contribution in [0.1, 0.15) is 48.9 Å². The van der Waals surface area contributed by atoms with E-state index in [2.05, 4.69) is 5.32 Å². The van der Waals surface area contributed by atoms with E-state index in [1.807, 2.05) is 0 Å². The van der Waals surface area contributed by atoms with Crippen LogP contribution in [0.5, 0.6) is 0 Å². The van der Waals surface area contributed by atoms with Gasteiger partial charge in [0.15, 0.2) is 0 Å². The Morgan fingerprint density at radius 2 is 1.88 bits per heavy atom. The predicted molar refractivity (Wildman–Crippen MR) is 93.5 cm³/mol. The van der Waals surface area contributed by atoms with Crippen LogP contribution in [-0.4, -0.2) is 32.7 Å². The summed E-state index contributed by atoms with van der Waals surface area (Å²) >= 11 is 0. The molecule has 4 rings (SSSR count). The molecule has 1 N–H and O–H groups in total. The van der Waals surface area contributed by atoms with Crippen LogP contribution in [0.4, 0.5) is 5.69 Å². The first kappa shape index (κ1) is 15.9. The maximum Gasteiger partial charge on any atom is 0.251 e. The van der Waals surface area contributed by atoms with E-state index in [9.17, 15) is 13.2 Å². The molecule has 0 spiro atoms. The molecular weight excluding hydrogens is 324 g/mol. The van der Waals surface area contributed by atoms with E-state index in [4.69, 9.17) is 0 Å². The Labute approximate surface area is 143 Å². The number of hydrogen-bond donors (Lipinski definition) is 1. The zero-order valence-corrected chi connectivity index (χ0v) is 14.6. The minimum atomic E-state index is -3.20. The van der Waals surface area contributed by atoms with Crippen LogP contribution in [0, 0.1) is 11.8 Å². The van der Waals surface area contributed by atoms with Crippen molar-refractivity contribution in [1.82, 2.24) is 5.32 Å². The zero-order valence-electron chi connectivity index (χ0n) is 13.8. The lowest BCUT2D eigenvalue weighted by Gasteiger charge is -2.28. The van der Waals surface area contributed by atoms with Gasteiger partial charge in [-0.05, 0) is 68.2 Å². The molecule has 2 aliphatic carbocycles. The van der Waals surface area contributed by atoms with E-state index in [1.54, 1.807) is 24.3 Å². The third kappa shape index (κ3) is 2.92. The first-order valence-electron chi connectivity index (χ1n) is 8.94. The van der Waals surface area contributed by atoms with Crippen molar-refractivity contribution in [2.24, 2.45) is 11.8 Å². The molecule has 1 amide bonds. The fourth-order valence-electron chi connectivity index (χ4n) is 4.53. The smallest absolute Gasteiger partial charge is 0.251 e. The number of nitrogens with zero attached hydrogens (tertiary/aromatic N) is 1. The van der Waals surface area contributed by atoms with Crippen molar-refractivity contribution in [1.29, 1.82) is 0 Å². The summed E-state index contributed by atoms with van der Waals surface area (Å²) in [6, 6.07) is 7.29. The largest absolute Gasteiger partial charge is 0.349 e. The van der Waals surface area contributed by atoms with Crippen LogP contribution in [0.2, 0.25) is 0 Å². The van der Waals surface area contributed by atoms with Gasteiger partial charge in [0.25, 0.3) is 5.91 Å². The molecule has 24 heavy (non-hydrogen) atoms. The Balaban J connectivity index is 1.44. The van der Waals surface area contributed by atoms with Crippen LogP contribution in [0.15, 0.2) is 24.3 Å². The molecule has 5 nitrogen and oxygen atoms in total. The number of hydrogen-bond acceptors (Lipinski definition) is 3. The summed E-state index contributed by atoms with van der Waals surface area (Å²) in [6.07, 6.45) is 6.53. The van der Waals surface area contributed by atoms with E-state index < -0.39 is 10.0 Å². The highest BCUT2D eigenvalue weighted by molar-refractivity contribution is 7.92. The monoisotopic (exact) mass is 348 g/mol. The molecule has 130 valence electrons. The molecule has 1 aromatic rings. The van der Waals surface area contributed by atoms with Gasteiger partial charge < -0.3 is 5.32 Å². The zero-order chi connectivity index (χ0) is 16.7. The summed E-state index contributed by atoms with van der Waals surface area (Å²) in [6.45, 7) is 0.527. The molecule has 2 saturated carbocycles. The van der Waals surface area contributed by atoms with Gasteiger partial charge in [-0.3, -0.25) is 9.10 Å². The molecule has 1 aliphatic heterocycles. The lowest BCUT2D eigenvalue weighted by molar-refractivity contribution is 0.0923. The summed E-state index contributed by atoms with van der Waals surface area (Å²) < 4.78 is 25.8. The number of rotatable bonds is 3. The van der Waals surface area contributed by atoms with E-state index in [0.717, 1.165) is 25.2 Å². The lowest BCUT2D eigenvalue weighted by Crippen LogP contribution is -2.39. The third-order valence-corrected chi connectivity index (χ3v) is 7.69. The molecule has 6 heteroatoms. The second-order valence-electron chi connectivity index (χ2n) is 7.40. The topological polar surface area (TPSA) is 66.5 Å². The molecule has 3 fully saturated rings. The third-order valence-electron chi connectivity index (χ3n) is 5.82. The molecule has 1 saturated heterocycles. The Hall–Kier alpha value is -1.56. The minimum absolute atomic E-state index is 0.0411. The summed E-state index contributed by atoms with van der Waals surface area (Å²) in [5.74, 6) is 1.61. The van der Waals surface area contributed by atoms with E-state index in [0.29, 0.717) is 29.8 Å². The van der Waals surface area contributed by atoms with E-state index >= 15 is 0 Å². The van der Waals surface area contributed by atoms with Gasteiger partial charge in [-0.1, -0.05) is 6.42 Å². The molecule has 0 aromatic heterocycles. The number of carbonyl (C=O) groups is 1. The maximum atomic E-state index is 12.4. The summed E-state index contributed by atoms with van der Waals surface area (Å²) in [7, 11) is -3.20. The summed E-state index contributed by atoms with van der Waals surface area (Å²) in [5.41, 5.74) is 1.27. The highest BCUT2D eigenvalue weighted by Crippen LogP contribution is 2.44. The Morgan fingerprint density at radius 3 is 2.50 bits per heavy atom. The van der Waals surface area contributed by atoms with Gasteiger partial charge in [0.1, 0.15) is 0 Å². The number of carbonyl (C=O) groups excluding carboxylic acids is 1. The van der Waals surface area contributed by atoms with Gasteiger partial charge in [0.2, 0.25) is 10.0 Å². The number of nitrogens with one attached hydrogen (secondary N) is 1. The summed E-state index contributed by atoms with van der Waals surface area (Å²) in [4.78, 5) is 12.4. The van der Waals surface area contributed by atoms with E-state index in [1.165, 1.54) is 23.6 Å². The molecular formula is C18H24N2O3S. The first-order chi connectivity index (χ1) is 11.5. The van der Waals surface area contributed by atoms with Crippen molar-refractivity contribution in [2.45, 2.75) is 44.6 Å². The fraction of sp³-hybridized carbons (Fsp3) is 0.611. The summed E-state index contributed by atoms with van der Waals surface area (Å²) in [5, 5.41) is 3.17. The van der Waals surface area contributed by atoms with Gasteiger partial charge in [-0.15, -0.1) is 0 Å².